The van der Waals surface area contributed by atoms with Crippen molar-refractivity contribution in [3.05, 3.63) is 28.2 Å². The molecule has 1 rings (SSSR count). The van der Waals surface area contributed by atoms with E-state index in [-0.39, 0.29) is 14.9 Å². The Morgan fingerprint density at radius 2 is 1.78 bits per heavy atom. The van der Waals surface area contributed by atoms with Crippen LogP contribution in [0.1, 0.15) is 13.8 Å². The third kappa shape index (κ3) is 2.96. The van der Waals surface area contributed by atoms with Gasteiger partial charge in [-0.15, -0.1) is 0 Å². The lowest BCUT2D eigenvalue weighted by Gasteiger charge is -2.17. The van der Waals surface area contributed by atoms with Crippen LogP contribution in [0.5, 0.6) is 0 Å². The summed E-state index contributed by atoms with van der Waals surface area (Å²) in [6.45, 7) is 2.71. The highest BCUT2D eigenvalue weighted by atomic mass is 35.5. The van der Waals surface area contributed by atoms with E-state index < -0.39 is 27.0 Å². The zero-order valence-corrected chi connectivity index (χ0v) is 12.1. The number of carboxylic acids is 1. The smallest absolute Gasteiger partial charge is 0.307 e. The van der Waals surface area contributed by atoms with Crippen molar-refractivity contribution in [2.75, 3.05) is 0 Å². The Labute approximate surface area is 115 Å². The summed E-state index contributed by atoms with van der Waals surface area (Å²) in [6, 6.07) is 3.91. The van der Waals surface area contributed by atoms with Gasteiger partial charge in [0.05, 0.1) is 26.1 Å². The van der Waals surface area contributed by atoms with Gasteiger partial charge in [-0.2, -0.15) is 0 Å². The molecule has 1 N–H and O–H groups in total. The van der Waals surface area contributed by atoms with Crippen LogP contribution in [-0.2, 0) is 14.6 Å². The number of hydrogen-bond donors (Lipinski definition) is 1. The first kappa shape index (κ1) is 15.3. The second-order valence-electron chi connectivity index (χ2n) is 3.95. The molecule has 0 spiro atoms. The quantitative estimate of drug-likeness (QED) is 0.928. The molecule has 0 saturated heterocycles. The SMILES string of the molecule is CC(C(=O)O)C(C)S(=O)(=O)c1ccc(Cl)c(Cl)c1. The average Bonchev–Trinajstić information content (AvgIpc) is 2.30. The Hall–Kier alpha value is -0.780. The highest BCUT2D eigenvalue weighted by Gasteiger charge is 2.32. The minimum absolute atomic E-state index is 0.0301. The molecule has 0 aromatic heterocycles. The van der Waals surface area contributed by atoms with Crippen LogP contribution in [0, 0.1) is 5.92 Å². The van der Waals surface area contributed by atoms with Crippen molar-refractivity contribution in [2.45, 2.75) is 24.0 Å². The molecule has 0 amide bonds. The van der Waals surface area contributed by atoms with Gasteiger partial charge in [-0.3, -0.25) is 4.79 Å². The largest absolute Gasteiger partial charge is 0.481 e. The third-order valence-electron chi connectivity index (χ3n) is 2.80. The molecule has 0 aliphatic heterocycles. The first-order chi connectivity index (χ1) is 8.17. The van der Waals surface area contributed by atoms with Crippen LogP contribution in [0.4, 0.5) is 0 Å². The number of carbonyl (C=O) groups is 1. The second kappa shape index (κ2) is 5.47. The predicted octanol–water partition coefficient (Wildman–Crippen LogP) is 2.88. The summed E-state index contributed by atoms with van der Waals surface area (Å²) in [5, 5.41) is 8.16. The maximum Gasteiger partial charge on any atom is 0.307 e. The zero-order valence-electron chi connectivity index (χ0n) is 9.72. The molecule has 0 saturated carbocycles. The molecule has 0 fully saturated rings. The van der Waals surface area contributed by atoms with Crippen molar-refractivity contribution in [1.29, 1.82) is 0 Å². The molecule has 2 unspecified atom stereocenters. The molecule has 1 aromatic rings. The van der Waals surface area contributed by atoms with Crippen molar-refractivity contribution in [2.24, 2.45) is 5.92 Å². The fraction of sp³-hybridized carbons (Fsp3) is 0.364. The van der Waals surface area contributed by atoms with Crippen molar-refractivity contribution in [1.82, 2.24) is 0 Å². The van der Waals surface area contributed by atoms with Gasteiger partial charge in [-0.1, -0.05) is 30.1 Å². The summed E-state index contributed by atoms with van der Waals surface area (Å²) in [4.78, 5) is 10.8. The van der Waals surface area contributed by atoms with Crippen LogP contribution in [0.3, 0.4) is 0 Å². The van der Waals surface area contributed by atoms with Crippen LogP contribution < -0.4 is 0 Å². The van der Waals surface area contributed by atoms with E-state index in [2.05, 4.69) is 0 Å². The summed E-state index contributed by atoms with van der Waals surface area (Å²) < 4.78 is 24.4. The number of benzene rings is 1. The Bertz CT molecular complexity index is 568. The van der Waals surface area contributed by atoms with E-state index >= 15 is 0 Å². The molecule has 0 bridgehead atoms. The van der Waals surface area contributed by atoms with Crippen molar-refractivity contribution >= 4 is 39.0 Å². The minimum atomic E-state index is -3.75. The van der Waals surface area contributed by atoms with E-state index in [9.17, 15) is 13.2 Å². The van der Waals surface area contributed by atoms with Gasteiger partial charge in [-0.25, -0.2) is 8.42 Å². The summed E-state index contributed by atoms with van der Waals surface area (Å²) >= 11 is 11.5. The van der Waals surface area contributed by atoms with E-state index in [1.165, 1.54) is 32.0 Å². The van der Waals surface area contributed by atoms with Crippen LogP contribution in [0.25, 0.3) is 0 Å². The second-order valence-corrected chi connectivity index (χ2v) is 7.07. The van der Waals surface area contributed by atoms with Crippen LogP contribution in [0.2, 0.25) is 10.0 Å². The van der Waals surface area contributed by atoms with Gasteiger partial charge in [0.25, 0.3) is 0 Å². The monoisotopic (exact) mass is 310 g/mol. The van der Waals surface area contributed by atoms with Crippen LogP contribution in [0.15, 0.2) is 23.1 Å². The van der Waals surface area contributed by atoms with E-state index in [4.69, 9.17) is 28.3 Å². The summed E-state index contributed by atoms with van der Waals surface area (Å²) in [6.07, 6.45) is 0. The maximum absolute atomic E-state index is 12.2. The number of hydrogen-bond acceptors (Lipinski definition) is 3. The first-order valence-electron chi connectivity index (χ1n) is 5.09. The van der Waals surface area contributed by atoms with Gasteiger partial charge in [0.15, 0.2) is 9.84 Å². The topological polar surface area (TPSA) is 71.4 Å². The van der Waals surface area contributed by atoms with E-state index in [0.717, 1.165) is 0 Å². The number of carboxylic acid groups (broad SMARTS) is 1. The maximum atomic E-state index is 12.2. The Balaban J connectivity index is 3.21. The molecule has 0 aliphatic rings. The third-order valence-corrected chi connectivity index (χ3v) is 5.84. The van der Waals surface area contributed by atoms with E-state index in [1.54, 1.807) is 0 Å². The highest BCUT2D eigenvalue weighted by molar-refractivity contribution is 7.92. The highest BCUT2D eigenvalue weighted by Crippen LogP contribution is 2.28. The van der Waals surface area contributed by atoms with Crippen molar-refractivity contribution < 1.29 is 18.3 Å². The van der Waals surface area contributed by atoms with Gasteiger partial charge in [0.1, 0.15) is 0 Å². The molecule has 18 heavy (non-hydrogen) atoms. The molecule has 7 heteroatoms. The number of rotatable bonds is 4. The molecule has 0 aliphatic carbocycles. The lowest BCUT2D eigenvalue weighted by molar-refractivity contribution is -0.141. The van der Waals surface area contributed by atoms with Gasteiger partial charge in [0, 0.05) is 0 Å². The fourth-order valence-corrected chi connectivity index (χ4v) is 3.32. The molecular formula is C11H12Cl2O4S. The molecule has 1 aromatic carbocycles. The average molecular weight is 311 g/mol. The normalized spacial score (nSPS) is 15.1. The van der Waals surface area contributed by atoms with Gasteiger partial charge < -0.3 is 5.11 Å². The number of sulfone groups is 1. The van der Waals surface area contributed by atoms with Crippen LogP contribution in [-0.4, -0.2) is 24.7 Å². The molecule has 0 radical (unpaired) electrons. The lowest BCUT2D eigenvalue weighted by Crippen LogP contribution is -2.30. The summed E-state index contributed by atoms with van der Waals surface area (Å²) in [5.74, 6) is -2.17. The van der Waals surface area contributed by atoms with E-state index in [0.29, 0.717) is 0 Å². The zero-order chi connectivity index (χ0) is 14.1. The van der Waals surface area contributed by atoms with Gasteiger partial charge in [0.2, 0.25) is 0 Å². The van der Waals surface area contributed by atoms with Crippen molar-refractivity contribution in [3.63, 3.8) is 0 Å². The standard InChI is InChI=1S/C11H12Cl2O4S/c1-6(11(14)15)7(2)18(16,17)8-3-4-9(12)10(13)5-8/h3-7H,1-2H3,(H,14,15). The lowest BCUT2D eigenvalue weighted by atomic mass is 10.1. The summed E-state index contributed by atoms with van der Waals surface area (Å²) in [7, 11) is -3.75. The summed E-state index contributed by atoms with van der Waals surface area (Å²) in [5.41, 5.74) is 0. The van der Waals surface area contributed by atoms with Crippen LogP contribution >= 0.6 is 23.2 Å². The molecule has 0 heterocycles. The predicted molar refractivity (Wildman–Crippen MR) is 69.9 cm³/mol. The van der Waals surface area contributed by atoms with Gasteiger partial charge >= 0.3 is 5.97 Å². The number of aliphatic carboxylic acids is 1. The first-order valence-corrected chi connectivity index (χ1v) is 7.40. The fourth-order valence-electron chi connectivity index (χ4n) is 1.34. The van der Waals surface area contributed by atoms with E-state index in [1.807, 2.05) is 0 Å². The Morgan fingerprint density at radius 1 is 1.22 bits per heavy atom. The van der Waals surface area contributed by atoms with Crippen molar-refractivity contribution in [3.8, 4) is 0 Å². The Morgan fingerprint density at radius 3 is 2.22 bits per heavy atom. The van der Waals surface area contributed by atoms with Gasteiger partial charge in [-0.05, 0) is 25.1 Å². The molecule has 100 valence electrons. The Kier molecular flexibility index (Phi) is 4.64. The number of halogens is 2. The molecular weight excluding hydrogens is 299 g/mol. The molecule has 2 atom stereocenters. The molecule has 4 nitrogen and oxygen atoms in total. The minimum Gasteiger partial charge on any atom is -0.481 e.